The van der Waals surface area contributed by atoms with Gasteiger partial charge in [-0.05, 0) is 55.6 Å². The number of hydrogen-bond acceptors (Lipinski definition) is 4. The van der Waals surface area contributed by atoms with Crippen molar-refractivity contribution in [2.24, 2.45) is 17.8 Å². The molecule has 3 aliphatic rings. The standard InChI is InChI=1S/C29H30ClF2N5O3/c1-16-25(23(30)9-10-37(16)40)17-3-5-19(6-4-17)33-28(39)26(18-13-21-22(14-18)29(21,31)32)34-27(38)24-8-7-20-15-35(2)11-12-36(20)24/h3-10,18,21-22,26H,11-15H2,1-2H3,(H,33,39)(H,34,38)/t18?,21-,22+,26?. The van der Waals surface area contributed by atoms with Crippen molar-refractivity contribution in [1.82, 2.24) is 14.8 Å². The van der Waals surface area contributed by atoms with E-state index in [-0.39, 0.29) is 12.8 Å². The number of anilines is 1. The Hall–Kier alpha value is -3.50. The molecule has 8 nitrogen and oxygen atoms in total. The summed E-state index contributed by atoms with van der Waals surface area (Å²) in [6, 6.07) is 11.1. The molecule has 11 heteroatoms. The van der Waals surface area contributed by atoms with Crippen LogP contribution >= 0.6 is 11.6 Å². The zero-order valence-electron chi connectivity index (χ0n) is 22.2. The zero-order chi connectivity index (χ0) is 28.3. The molecule has 2 N–H and O–H groups in total. The van der Waals surface area contributed by atoms with Crippen molar-refractivity contribution in [2.75, 3.05) is 18.9 Å². The maximum atomic E-state index is 14.0. The van der Waals surface area contributed by atoms with Crippen LogP contribution in [0.5, 0.6) is 0 Å². The van der Waals surface area contributed by atoms with Crippen molar-refractivity contribution in [2.45, 2.75) is 44.8 Å². The molecule has 210 valence electrons. The van der Waals surface area contributed by atoms with Crippen LogP contribution in [0.1, 0.15) is 34.7 Å². The molecule has 6 rings (SSSR count). The Bertz CT molecular complexity index is 1480. The molecule has 0 saturated heterocycles. The fraction of sp³-hybridized carbons (Fsp3) is 0.414. The number of carbonyl (C=O) groups is 2. The van der Waals surface area contributed by atoms with E-state index >= 15 is 0 Å². The molecule has 3 heterocycles. The first-order valence-electron chi connectivity index (χ1n) is 13.4. The molecule has 2 aliphatic carbocycles. The smallest absolute Gasteiger partial charge is 0.268 e. The van der Waals surface area contributed by atoms with Crippen LogP contribution < -0.4 is 15.4 Å². The van der Waals surface area contributed by atoms with Gasteiger partial charge in [0.1, 0.15) is 11.7 Å². The number of benzene rings is 1. The number of nitrogens with zero attached hydrogens (tertiary/aromatic N) is 3. The number of fused-ring (bicyclic) bond motifs is 2. The number of pyridine rings is 1. The highest BCUT2D eigenvalue weighted by atomic mass is 35.5. The molecule has 0 bridgehead atoms. The molecule has 0 radical (unpaired) electrons. The number of carbonyl (C=O) groups excluding carboxylic acids is 2. The van der Waals surface area contributed by atoms with Gasteiger partial charge in [0, 0.05) is 55.8 Å². The third-order valence-corrected chi connectivity index (χ3v) is 9.00. The molecule has 2 saturated carbocycles. The zero-order valence-corrected chi connectivity index (χ0v) is 22.9. The van der Waals surface area contributed by atoms with Gasteiger partial charge in [-0.15, -0.1) is 0 Å². The van der Waals surface area contributed by atoms with Crippen molar-refractivity contribution in [1.29, 1.82) is 0 Å². The van der Waals surface area contributed by atoms with E-state index in [0.717, 1.165) is 23.5 Å². The van der Waals surface area contributed by atoms with Gasteiger partial charge in [-0.1, -0.05) is 23.7 Å². The van der Waals surface area contributed by atoms with Gasteiger partial charge in [0.05, 0.1) is 10.6 Å². The van der Waals surface area contributed by atoms with Gasteiger partial charge in [-0.2, -0.15) is 4.73 Å². The number of alkyl halides is 2. The Balaban J connectivity index is 1.21. The first kappa shape index (κ1) is 26.7. The third-order valence-electron chi connectivity index (χ3n) is 8.69. The minimum Gasteiger partial charge on any atom is -0.618 e. The first-order valence-corrected chi connectivity index (χ1v) is 13.8. The van der Waals surface area contributed by atoms with Crippen molar-refractivity contribution in [3.8, 4) is 11.1 Å². The van der Waals surface area contributed by atoms with Crippen molar-refractivity contribution < 1.29 is 23.1 Å². The second-order valence-electron chi connectivity index (χ2n) is 11.2. The molecular formula is C29H30ClF2N5O3. The van der Waals surface area contributed by atoms with Crippen molar-refractivity contribution in [3.63, 3.8) is 0 Å². The molecule has 2 aromatic heterocycles. The lowest BCUT2D eigenvalue weighted by Gasteiger charge is -2.28. The monoisotopic (exact) mass is 569 g/mol. The lowest BCUT2D eigenvalue weighted by molar-refractivity contribution is -0.611. The Morgan fingerprint density at radius 1 is 1.10 bits per heavy atom. The number of amides is 2. The summed E-state index contributed by atoms with van der Waals surface area (Å²) < 4.78 is 30.6. The molecule has 0 spiro atoms. The lowest BCUT2D eigenvalue weighted by Crippen LogP contribution is -2.49. The lowest BCUT2D eigenvalue weighted by atomic mass is 9.92. The molecular weight excluding hydrogens is 540 g/mol. The van der Waals surface area contributed by atoms with Crippen molar-refractivity contribution >= 4 is 29.1 Å². The van der Waals surface area contributed by atoms with Gasteiger partial charge in [-0.3, -0.25) is 14.5 Å². The topological polar surface area (TPSA) is 93.3 Å². The van der Waals surface area contributed by atoms with Gasteiger partial charge in [0.2, 0.25) is 5.91 Å². The largest absolute Gasteiger partial charge is 0.618 e. The molecule has 40 heavy (non-hydrogen) atoms. The van der Waals surface area contributed by atoms with E-state index in [9.17, 15) is 23.6 Å². The van der Waals surface area contributed by atoms with E-state index < -0.39 is 41.5 Å². The normalized spacial score (nSPS) is 23.7. The Kier molecular flexibility index (Phi) is 6.58. The Labute approximate surface area is 235 Å². The minimum atomic E-state index is -2.68. The summed E-state index contributed by atoms with van der Waals surface area (Å²) in [5, 5.41) is 18.2. The van der Waals surface area contributed by atoms with E-state index in [1.54, 1.807) is 37.3 Å². The maximum Gasteiger partial charge on any atom is 0.268 e. The minimum absolute atomic E-state index is 0.188. The fourth-order valence-electron chi connectivity index (χ4n) is 6.37. The average Bonchev–Trinajstić information content (AvgIpc) is 3.32. The number of rotatable bonds is 6. The van der Waals surface area contributed by atoms with Crippen LogP contribution in [0.25, 0.3) is 11.1 Å². The fourth-order valence-corrected chi connectivity index (χ4v) is 6.67. The first-order chi connectivity index (χ1) is 19.0. The molecule has 2 amide bonds. The molecule has 2 fully saturated rings. The average molecular weight is 570 g/mol. The molecule has 3 aromatic rings. The van der Waals surface area contributed by atoms with Crippen LogP contribution in [0.2, 0.25) is 5.02 Å². The number of aromatic nitrogens is 2. The second-order valence-corrected chi connectivity index (χ2v) is 11.6. The molecule has 1 aliphatic heterocycles. The van der Waals surface area contributed by atoms with Crippen LogP contribution in [-0.4, -0.2) is 46.8 Å². The predicted molar refractivity (Wildman–Crippen MR) is 146 cm³/mol. The van der Waals surface area contributed by atoms with Crippen molar-refractivity contribution in [3.05, 3.63) is 76.0 Å². The summed E-state index contributed by atoms with van der Waals surface area (Å²) in [5.74, 6) is -5.38. The number of nitrogens with one attached hydrogen (secondary N) is 2. The highest BCUT2D eigenvalue weighted by Crippen LogP contribution is 2.66. The number of hydrogen-bond donors (Lipinski definition) is 2. The van der Waals surface area contributed by atoms with E-state index in [1.807, 2.05) is 17.7 Å². The molecule has 2 unspecified atom stereocenters. The quantitative estimate of drug-likeness (QED) is 0.343. The van der Waals surface area contributed by atoms with E-state index in [2.05, 4.69) is 15.5 Å². The highest BCUT2D eigenvalue weighted by molar-refractivity contribution is 6.33. The number of halogens is 3. The summed E-state index contributed by atoms with van der Waals surface area (Å²) in [5.41, 5.74) is 3.70. The summed E-state index contributed by atoms with van der Waals surface area (Å²) in [4.78, 5) is 29.1. The Morgan fingerprint density at radius 2 is 1.80 bits per heavy atom. The summed E-state index contributed by atoms with van der Waals surface area (Å²) in [7, 11) is 2.01. The SMILES string of the molecule is Cc1c(-c2ccc(NC(=O)C(NC(=O)c3ccc4n3CCN(C)C4)C3C[C@@H]4[C@H](C3)C4(F)F)cc2)c(Cl)cc[n+]1[O-]. The summed E-state index contributed by atoms with van der Waals surface area (Å²) >= 11 is 6.33. The van der Waals surface area contributed by atoms with E-state index in [4.69, 9.17) is 11.6 Å². The second kappa shape index (κ2) is 9.85. The van der Waals surface area contributed by atoms with Crippen LogP contribution in [0.15, 0.2) is 48.7 Å². The van der Waals surface area contributed by atoms with E-state index in [0.29, 0.717) is 39.8 Å². The van der Waals surface area contributed by atoms with E-state index in [1.165, 1.54) is 12.3 Å². The summed E-state index contributed by atoms with van der Waals surface area (Å²) in [6.45, 7) is 3.84. The van der Waals surface area contributed by atoms with Crippen LogP contribution in [0.4, 0.5) is 14.5 Å². The van der Waals surface area contributed by atoms with Gasteiger partial charge in [0.25, 0.3) is 11.8 Å². The maximum absolute atomic E-state index is 14.0. The molecule has 1 aromatic carbocycles. The van der Waals surface area contributed by atoms with Crippen LogP contribution in [-0.2, 0) is 17.9 Å². The molecule has 4 atom stereocenters. The van der Waals surface area contributed by atoms with Gasteiger partial charge < -0.3 is 20.4 Å². The Morgan fingerprint density at radius 3 is 2.50 bits per heavy atom. The van der Waals surface area contributed by atoms with Gasteiger partial charge in [-0.25, -0.2) is 8.78 Å². The van der Waals surface area contributed by atoms with Gasteiger partial charge in [0.15, 0.2) is 11.9 Å². The number of likely N-dealkylation sites (N-methyl/N-ethyl adjacent to an activating group) is 1. The van der Waals surface area contributed by atoms with Gasteiger partial charge >= 0.3 is 0 Å². The van der Waals surface area contributed by atoms with Crippen LogP contribution in [0.3, 0.4) is 0 Å². The van der Waals surface area contributed by atoms with Crippen LogP contribution in [0, 0.1) is 29.9 Å². The predicted octanol–water partition coefficient (Wildman–Crippen LogP) is 4.22. The highest BCUT2D eigenvalue weighted by Gasteiger charge is 2.72. The summed E-state index contributed by atoms with van der Waals surface area (Å²) in [6.07, 6.45) is 1.72. The third kappa shape index (κ3) is 4.62.